The molecule has 0 bridgehead atoms. The first-order valence-electron chi connectivity index (χ1n) is 7.88. The molecule has 0 fully saturated rings. The van der Waals surface area contributed by atoms with Crippen LogP contribution in [0.25, 0.3) is 0 Å². The summed E-state index contributed by atoms with van der Waals surface area (Å²) in [5.41, 5.74) is 0.425. The molecule has 1 amide bonds. The van der Waals surface area contributed by atoms with Crippen LogP contribution in [0.5, 0.6) is 0 Å². The van der Waals surface area contributed by atoms with Crippen molar-refractivity contribution in [1.29, 1.82) is 0 Å². The number of amides is 1. The summed E-state index contributed by atoms with van der Waals surface area (Å²) in [5.74, 6) is -1.23. The third-order valence-corrected chi connectivity index (χ3v) is 4.56. The van der Waals surface area contributed by atoms with Crippen molar-refractivity contribution in [2.45, 2.75) is 32.7 Å². The highest BCUT2D eigenvalue weighted by Gasteiger charge is 2.22. The number of rotatable bonds is 9. The summed E-state index contributed by atoms with van der Waals surface area (Å²) < 4.78 is 10.7. The van der Waals surface area contributed by atoms with E-state index in [-0.39, 0.29) is 29.8 Å². The van der Waals surface area contributed by atoms with Crippen molar-refractivity contribution in [2.24, 2.45) is 5.92 Å². The Bertz CT molecular complexity index is 642. The molecule has 0 spiro atoms. The summed E-state index contributed by atoms with van der Waals surface area (Å²) in [6.45, 7) is 3.16. The minimum atomic E-state index is -0.591. The van der Waals surface area contributed by atoms with Gasteiger partial charge in [-0.05, 0) is 0 Å². The topological polar surface area (TPSA) is 117 Å². The molecule has 1 rings (SSSR count). The smallest absolute Gasteiger partial charge is 0.307 e. The first-order chi connectivity index (χ1) is 12.3. The van der Waals surface area contributed by atoms with Crippen molar-refractivity contribution in [3.05, 3.63) is 12.4 Å². The predicted molar refractivity (Wildman–Crippen MR) is 95.5 cm³/mol. The molecule has 0 radical (unpaired) electrons. The third kappa shape index (κ3) is 7.26. The zero-order chi connectivity index (χ0) is 19.7. The lowest BCUT2D eigenvalue weighted by Crippen LogP contribution is -2.22. The van der Waals surface area contributed by atoms with E-state index in [4.69, 9.17) is 0 Å². The summed E-state index contributed by atoms with van der Waals surface area (Å²) in [5, 5.41) is 6.75. The zero-order valence-electron chi connectivity index (χ0n) is 15.2. The van der Waals surface area contributed by atoms with Gasteiger partial charge in [0.25, 0.3) is 0 Å². The fourth-order valence-electron chi connectivity index (χ4n) is 2.00. The van der Waals surface area contributed by atoms with Crippen molar-refractivity contribution >= 4 is 40.4 Å². The van der Waals surface area contributed by atoms with Crippen LogP contribution in [0.4, 0.5) is 5.69 Å². The van der Waals surface area contributed by atoms with Crippen molar-refractivity contribution in [1.82, 2.24) is 9.78 Å². The third-order valence-electron chi connectivity index (χ3n) is 3.49. The number of aromatic nitrogens is 2. The molecule has 0 saturated carbocycles. The number of carbonyl (C=O) groups is 4. The minimum Gasteiger partial charge on any atom is -0.469 e. The molecule has 10 heteroatoms. The van der Waals surface area contributed by atoms with Crippen LogP contribution in [0, 0.1) is 5.92 Å². The van der Waals surface area contributed by atoms with Crippen LogP contribution in [0.3, 0.4) is 0 Å². The molecule has 1 unspecified atom stereocenters. The van der Waals surface area contributed by atoms with Gasteiger partial charge < -0.3 is 14.8 Å². The quantitative estimate of drug-likeness (QED) is 0.634. The van der Waals surface area contributed by atoms with Crippen LogP contribution >= 0.6 is 11.8 Å². The number of nitrogens with one attached hydrogen (secondary N) is 1. The van der Waals surface area contributed by atoms with Gasteiger partial charge in [0.05, 0.1) is 45.0 Å². The number of methoxy groups -OCH3 is 2. The molecule has 26 heavy (non-hydrogen) atoms. The van der Waals surface area contributed by atoms with E-state index in [2.05, 4.69) is 19.9 Å². The SMILES string of the molecule is COC(=O)CC(CC(=O)OC)n1cc(NC(=O)C(C)CSC(C)=O)cn1. The number of hydrogen-bond donors (Lipinski definition) is 1. The van der Waals surface area contributed by atoms with Gasteiger partial charge in [-0.1, -0.05) is 18.7 Å². The fraction of sp³-hybridized carbons (Fsp3) is 0.562. The highest BCUT2D eigenvalue weighted by atomic mass is 32.2. The lowest BCUT2D eigenvalue weighted by Gasteiger charge is -2.15. The molecule has 1 atom stereocenters. The number of thioether (sulfide) groups is 1. The summed E-state index contributed by atoms with van der Waals surface area (Å²) in [4.78, 5) is 46.2. The first-order valence-corrected chi connectivity index (χ1v) is 8.87. The first kappa shape index (κ1) is 21.7. The molecule has 1 N–H and O–H groups in total. The summed E-state index contributed by atoms with van der Waals surface area (Å²) in [6, 6.07) is -0.591. The van der Waals surface area contributed by atoms with Gasteiger partial charge in [-0.25, -0.2) is 0 Å². The largest absolute Gasteiger partial charge is 0.469 e. The summed E-state index contributed by atoms with van der Waals surface area (Å²) in [6.07, 6.45) is 2.82. The Morgan fingerprint density at radius 3 is 2.27 bits per heavy atom. The van der Waals surface area contributed by atoms with Crippen molar-refractivity contribution in [3.63, 3.8) is 0 Å². The number of ether oxygens (including phenoxy) is 2. The van der Waals surface area contributed by atoms with Gasteiger partial charge in [-0.3, -0.25) is 23.9 Å². The van der Waals surface area contributed by atoms with Crippen molar-refractivity contribution < 1.29 is 28.7 Å². The van der Waals surface area contributed by atoms with E-state index >= 15 is 0 Å². The zero-order valence-corrected chi connectivity index (χ0v) is 16.0. The highest BCUT2D eigenvalue weighted by Crippen LogP contribution is 2.20. The Hall–Kier alpha value is -2.36. The Labute approximate surface area is 155 Å². The molecule has 0 aliphatic rings. The molecule has 144 valence electrons. The molecule has 0 aromatic carbocycles. The van der Waals surface area contributed by atoms with E-state index < -0.39 is 18.0 Å². The maximum Gasteiger partial charge on any atom is 0.307 e. The fourth-order valence-corrected chi connectivity index (χ4v) is 2.63. The number of esters is 2. The second-order valence-corrected chi connectivity index (χ2v) is 6.81. The van der Waals surface area contributed by atoms with E-state index in [9.17, 15) is 19.2 Å². The van der Waals surface area contributed by atoms with E-state index in [0.717, 1.165) is 11.8 Å². The average molecular weight is 385 g/mol. The second-order valence-electron chi connectivity index (χ2n) is 5.62. The predicted octanol–water partition coefficient (Wildman–Crippen LogP) is 1.40. The van der Waals surface area contributed by atoms with Crippen LogP contribution < -0.4 is 5.32 Å². The Morgan fingerprint density at radius 1 is 1.19 bits per heavy atom. The number of nitrogens with zero attached hydrogens (tertiary/aromatic N) is 2. The van der Waals surface area contributed by atoms with Crippen LogP contribution in [0.15, 0.2) is 12.4 Å². The van der Waals surface area contributed by atoms with E-state index in [1.807, 2.05) is 0 Å². The van der Waals surface area contributed by atoms with Gasteiger partial charge in [0.1, 0.15) is 0 Å². The molecule has 0 saturated heterocycles. The number of hydrogen-bond acceptors (Lipinski definition) is 8. The van der Waals surface area contributed by atoms with Crippen molar-refractivity contribution in [2.75, 3.05) is 25.3 Å². The number of anilines is 1. The molecule has 0 aliphatic carbocycles. The van der Waals surface area contributed by atoms with E-state index in [0.29, 0.717) is 11.4 Å². The average Bonchev–Trinajstić information content (AvgIpc) is 3.06. The van der Waals surface area contributed by atoms with Crippen LogP contribution in [-0.2, 0) is 28.7 Å². The molecule has 0 aliphatic heterocycles. The Kier molecular flexibility index (Phi) is 8.83. The molecule has 1 aromatic heterocycles. The Morgan fingerprint density at radius 2 is 1.77 bits per heavy atom. The van der Waals surface area contributed by atoms with Crippen LogP contribution in [-0.4, -0.2) is 52.7 Å². The molecular weight excluding hydrogens is 362 g/mol. The molecule has 9 nitrogen and oxygen atoms in total. The van der Waals surface area contributed by atoms with Gasteiger partial charge >= 0.3 is 11.9 Å². The number of carbonyl (C=O) groups excluding carboxylic acids is 4. The normalized spacial score (nSPS) is 11.7. The van der Waals surface area contributed by atoms with Crippen LogP contribution in [0.2, 0.25) is 0 Å². The maximum atomic E-state index is 12.1. The van der Waals surface area contributed by atoms with Gasteiger partial charge in [0, 0.05) is 24.8 Å². The lowest BCUT2D eigenvalue weighted by molar-refractivity contribution is -0.144. The molecule has 1 aromatic rings. The van der Waals surface area contributed by atoms with Crippen LogP contribution in [0.1, 0.15) is 32.7 Å². The minimum absolute atomic E-state index is 0.0501. The van der Waals surface area contributed by atoms with Gasteiger partial charge in [-0.2, -0.15) is 5.10 Å². The molecular formula is C16H23N3O6S. The van der Waals surface area contributed by atoms with Gasteiger partial charge in [0.15, 0.2) is 5.12 Å². The highest BCUT2D eigenvalue weighted by molar-refractivity contribution is 8.13. The Balaban J connectivity index is 2.77. The summed E-state index contributed by atoms with van der Waals surface area (Å²) in [7, 11) is 2.51. The van der Waals surface area contributed by atoms with Gasteiger partial charge in [0.2, 0.25) is 5.91 Å². The monoisotopic (exact) mass is 385 g/mol. The lowest BCUT2D eigenvalue weighted by atomic mass is 10.1. The standard InChI is InChI=1S/C16H23N3O6S/c1-10(9-26-11(2)20)16(23)18-12-7-17-19(8-12)13(5-14(21)24-3)6-15(22)25-4/h7-8,10,13H,5-6,9H2,1-4H3,(H,18,23). The van der Waals surface area contributed by atoms with Gasteiger partial charge in [-0.15, -0.1) is 0 Å². The second kappa shape index (κ2) is 10.6. The summed E-state index contributed by atoms with van der Waals surface area (Å²) >= 11 is 1.08. The maximum absolute atomic E-state index is 12.1. The van der Waals surface area contributed by atoms with E-state index in [1.165, 1.54) is 38.2 Å². The molecule has 1 heterocycles. The van der Waals surface area contributed by atoms with E-state index in [1.54, 1.807) is 6.92 Å². The van der Waals surface area contributed by atoms with Crippen molar-refractivity contribution in [3.8, 4) is 0 Å².